The Kier molecular flexibility index (Phi) is 3.57. The Balaban J connectivity index is 2.33. The molecule has 1 aliphatic rings. The molecule has 2 rings (SSSR count). The summed E-state index contributed by atoms with van der Waals surface area (Å²) < 4.78 is 19.4. The maximum Gasteiger partial charge on any atom is 0.226 e. The second-order valence-electron chi connectivity index (χ2n) is 5.40. The number of ether oxygens (including phenoxy) is 1. The van der Waals surface area contributed by atoms with Crippen molar-refractivity contribution in [2.24, 2.45) is 0 Å². The summed E-state index contributed by atoms with van der Waals surface area (Å²) in [5, 5.41) is 0. The lowest BCUT2D eigenvalue weighted by molar-refractivity contribution is -0.133. The summed E-state index contributed by atoms with van der Waals surface area (Å²) in [7, 11) is 0. The third-order valence-corrected chi connectivity index (χ3v) is 3.55. The number of carbonyl (C=O) groups is 1. The van der Waals surface area contributed by atoms with Gasteiger partial charge in [0.25, 0.3) is 0 Å². The van der Waals surface area contributed by atoms with Crippen molar-refractivity contribution in [1.29, 1.82) is 0 Å². The predicted molar refractivity (Wildman–Crippen MR) is 73.2 cm³/mol. The van der Waals surface area contributed by atoms with E-state index in [4.69, 9.17) is 10.5 Å². The molecule has 1 aliphatic heterocycles. The van der Waals surface area contributed by atoms with Crippen LogP contribution in [0.5, 0.6) is 0 Å². The number of rotatable bonds is 1. The third-order valence-electron chi connectivity index (χ3n) is 2.89. The Morgan fingerprint density at radius 1 is 1.47 bits per heavy atom. The number of anilines is 1. The molecule has 1 aromatic rings. The average molecular weight is 330 g/mol. The molecule has 1 heterocycles. The topological polar surface area (TPSA) is 55.6 Å². The number of halogens is 2. The molecule has 1 atom stereocenters. The molecule has 6 heteroatoms. The Morgan fingerprint density at radius 3 is 2.58 bits per heavy atom. The quantitative estimate of drug-likeness (QED) is 0.636. The van der Waals surface area contributed by atoms with E-state index in [0.717, 1.165) is 0 Å². The van der Waals surface area contributed by atoms with Crippen LogP contribution in [0.2, 0.25) is 0 Å². The fourth-order valence-electron chi connectivity index (χ4n) is 1.82. The number of nitrogens with zero attached hydrogens (tertiary/aromatic N) is 1. The van der Waals surface area contributed by atoms with Crippen LogP contribution in [0.1, 0.15) is 32.4 Å². The summed E-state index contributed by atoms with van der Waals surface area (Å²) in [6.07, 6.45) is -0.828. The number of hydrogen-bond donors (Lipinski definition) is 1. The van der Waals surface area contributed by atoms with E-state index in [1.807, 2.05) is 20.8 Å². The molecule has 0 bridgehead atoms. The molecule has 0 spiro atoms. The van der Waals surface area contributed by atoms with Crippen molar-refractivity contribution in [3.63, 3.8) is 0 Å². The van der Waals surface area contributed by atoms with E-state index in [0.29, 0.717) is 10.0 Å². The number of benzene rings is 1. The van der Waals surface area contributed by atoms with Crippen LogP contribution in [0.15, 0.2) is 16.6 Å². The largest absolute Gasteiger partial charge is 0.519 e. The van der Waals surface area contributed by atoms with Gasteiger partial charge in [-0.25, -0.2) is 4.39 Å². The van der Waals surface area contributed by atoms with Gasteiger partial charge in [0, 0.05) is 10.0 Å². The molecule has 0 aromatic heterocycles. The lowest BCUT2D eigenvalue weighted by Crippen LogP contribution is -2.41. The maximum absolute atomic E-state index is 13.6. The fraction of sp³-hybridized carbons (Fsp3) is 0.385. The van der Waals surface area contributed by atoms with Crippen molar-refractivity contribution in [3.8, 4) is 0 Å². The number of carbonyl (C=O) groups excluding carboxylic acids is 1. The van der Waals surface area contributed by atoms with Crippen molar-refractivity contribution in [1.82, 2.24) is 4.90 Å². The molecule has 1 saturated heterocycles. The van der Waals surface area contributed by atoms with Crippen LogP contribution in [0.4, 0.5) is 10.1 Å². The zero-order valence-electron chi connectivity index (χ0n) is 10.9. The van der Waals surface area contributed by atoms with Crippen LogP contribution in [-0.4, -0.2) is 16.3 Å². The smallest absolute Gasteiger partial charge is 0.226 e. The first-order chi connectivity index (χ1) is 8.71. The summed E-state index contributed by atoms with van der Waals surface area (Å²) in [6, 6.07) is 2.82. The monoisotopic (exact) mass is 329 g/mol. The third kappa shape index (κ3) is 2.60. The highest BCUT2D eigenvalue weighted by Gasteiger charge is 2.33. The first-order valence-electron chi connectivity index (χ1n) is 5.78. The minimum absolute atomic E-state index is 0.0193. The number of nitrogens with two attached hydrogens (primary N) is 1. The van der Waals surface area contributed by atoms with Crippen molar-refractivity contribution < 1.29 is 13.9 Å². The van der Waals surface area contributed by atoms with Crippen LogP contribution < -0.4 is 5.73 Å². The van der Waals surface area contributed by atoms with Gasteiger partial charge < -0.3 is 15.4 Å². The second kappa shape index (κ2) is 4.76. The van der Waals surface area contributed by atoms with Crippen molar-refractivity contribution in [2.45, 2.75) is 32.4 Å². The van der Waals surface area contributed by atoms with Gasteiger partial charge in [-0.2, -0.15) is 0 Å². The van der Waals surface area contributed by atoms with Gasteiger partial charge in [-0.1, -0.05) is 0 Å². The molecule has 104 valence electrons. The first-order valence-corrected chi connectivity index (χ1v) is 6.57. The molecule has 0 radical (unpaired) electrons. The van der Waals surface area contributed by atoms with E-state index in [2.05, 4.69) is 15.9 Å². The molecular formula is C13H15BrFN2O2-. The maximum atomic E-state index is 13.6. The van der Waals surface area contributed by atoms with E-state index in [-0.39, 0.29) is 17.1 Å². The zero-order valence-corrected chi connectivity index (χ0v) is 12.5. The molecule has 1 aromatic carbocycles. The van der Waals surface area contributed by atoms with Gasteiger partial charge >= 0.3 is 0 Å². The number of amides is 1. The van der Waals surface area contributed by atoms with Gasteiger partial charge in [-0.15, -0.1) is 6.73 Å². The van der Waals surface area contributed by atoms with Crippen LogP contribution in [0, 0.1) is 12.5 Å². The molecule has 0 aliphatic carbocycles. The SMILES string of the molecule is CC(C)(C)N1[CH-]OC(c2cc(F)c(N)c(Br)c2)C1=O. The molecule has 4 nitrogen and oxygen atoms in total. The van der Waals surface area contributed by atoms with Gasteiger partial charge in [0.15, 0.2) is 0 Å². The first kappa shape index (κ1) is 14.3. The van der Waals surface area contributed by atoms with E-state index >= 15 is 0 Å². The second-order valence-corrected chi connectivity index (χ2v) is 6.25. The molecular weight excluding hydrogens is 315 g/mol. The highest BCUT2D eigenvalue weighted by molar-refractivity contribution is 9.10. The highest BCUT2D eigenvalue weighted by atomic mass is 79.9. The highest BCUT2D eigenvalue weighted by Crippen LogP contribution is 2.35. The standard InChI is InChI=1S/C13H15BrFN2O2/c1-13(2,3)17-6-19-11(12(17)18)7-4-8(14)10(16)9(15)5-7/h4-6,11H,16H2,1-3H3/q-1. The van der Waals surface area contributed by atoms with E-state index in [9.17, 15) is 9.18 Å². The van der Waals surface area contributed by atoms with Crippen molar-refractivity contribution in [2.75, 3.05) is 5.73 Å². The van der Waals surface area contributed by atoms with Gasteiger partial charge in [-0.3, -0.25) is 4.79 Å². The zero-order chi connectivity index (χ0) is 14.4. The Labute approximate surface area is 119 Å². The number of nitrogen functional groups attached to an aromatic ring is 1. The average Bonchev–Trinajstić information content (AvgIpc) is 2.67. The summed E-state index contributed by atoms with van der Waals surface area (Å²) in [4.78, 5) is 13.8. The normalized spacial score (nSPS) is 20.2. The molecule has 1 unspecified atom stereocenters. The lowest BCUT2D eigenvalue weighted by Gasteiger charge is -2.38. The van der Waals surface area contributed by atoms with Crippen molar-refractivity contribution in [3.05, 3.63) is 34.7 Å². The number of hydrogen-bond acceptors (Lipinski definition) is 3. The Hall–Kier alpha value is -1.14. The minimum atomic E-state index is -0.828. The molecule has 19 heavy (non-hydrogen) atoms. The lowest BCUT2D eigenvalue weighted by atomic mass is 10.0. The van der Waals surface area contributed by atoms with E-state index < -0.39 is 11.9 Å². The summed E-state index contributed by atoms with van der Waals surface area (Å²) >= 11 is 3.16. The van der Waals surface area contributed by atoms with Crippen LogP contribution in [-0.2, 0) is 9.53 Å². The van der Waals surface area contributed by atoms with Crippen molar-refractivity contribution >= 4 is 27.5 Å². The summed E-state index contributed by atoms with van der Waals surface area (Å²) in [6.45, 7) is 7.07. The molecule has 2 N–H and O–H groups in total. The van der Waals surface area contributed by atoms with Gasteiger partial charge in [-0.05, 0) is 54.4 Å². The molecule has 1 fully saturated rings. The van der Waals surface area contributed by atoms with Crippen LogP contribution in [0.3, 0.4) is 0 Å². The van der Waals surface area contributed by atoms with Gasteiger partial charge in [0.2, 0.25) is 5.91 Å². The predicted octanol–water partition coefficient (Wildman–Crippen LogP) is 2.99. The minimum Gasteiger partial charge on any atom is -0.519 e. The Bertz CT molecular complexity index is 505. The molecule has 0 saturated carbocycles. The Morgan fingerprint density at radius 2 is 2.11 bits per heavy atom. The fourth-order valence-corrected chi connectivity index (χ4v) is 2.28. The van der Waals surface area contributed by atoms with Crippen LogP contribution >= 0.6 is 15.9 Å². The molecule has 1 amide bonds. The summed E-state index contributed by atoms with van der Waals surface area (Å²) in [5.74, 6) is -0.793. The summed E-state index contributed by atoms with van der Waals surface area (Å²) in [5.41, 5.74) is 5.59. The van der Waals surface area contributed by atoms with E-state index in [1.54, 1.807) is 6.07 Å². The van der Waals surface area contributed by atoms with Gasteiger partial charge in [0.1, 0.15) is 11.9 Å². The van der Waals surface area contributed by atoms with Gasteiger partial charge in [0.05, 0.1) is 5.69 Å². The van der Waals surface area contributed by atoms with E-state index in [1.165, 1.54) is 17.7 Å². The van der Waals surface area contributed by atoms with Crippen LogP contribution in [0.25, 0.3) is 0 Å².